The second-order valence-electron chi connectivity index (χ2n) is 5.67. The zero-order valence-electron chi connectivity index (χ0n) is 13.8. The van der Waals surface area contributed by atoms with Gasteiger partial charge in [-0.2, -0.15) is 0 Å². The molecule has 0 aliphatic heterocycles. The molecule has 0 spiro atoms. The van der Waals surface area contributed by atoms with Crippen molar-refractivity contribution >= 4 is 22.4 Å². The molecule has 126 valence electrons. The van der Waals surface area contributed by atoms with Crippen molar-refractivity contribution in [3.8, 4) is 11.1 Å². The number of benzene rings is 2. The molecule has 0 saturated carbocycles. The van der Waals surface area contributed by atoms with Gasteiger partial charge in [-0.15, -0.1) is 0 Å². The molecular formula is C20H15F2NO2. The van der Waals surface area contributed by atoms with Crippen LogP contribution < -0.4 is 0 Å². The van der Waals surface area contributed by atoms with Crippen molar-refractivity contribution in [1.82, 2.24) is 4.98 Å². The Balaban J connectivity index is 2.40. The third-order valence-corrected chi connectivity index (χ3v) is 3.95. The first-order chi connectivity index (χ1) is 11.9. The average Bonchev–Trinajstić information content (AvgIpc) is 2.60. The summed E-state index contributed by atoms with van der Waals surface area (Å²) in [4.78, 5) is 16.1. The molecule has 0 radical (unpaired) electrons. The number of hydrogen-bond acceptors (Lipinski definition) is 3. The summed E-state index contributed by atoms with van der Waals surface area (Å²) < 4.78 is 32.1. The second kappa shape index (κ2) is 6.43. The van der Waals surface area contributed by atoms with Crippen molar-refractivity contribution in [2.75, 3.05) is 7.11 Å². The number of halogens is 2. The average molecular weight is 339 g/mol. The quantitative estimate of drug-likeness (QED) is 0.630. The Morgan fingerprint density at radius 2 is 1.80 bits per heavy atom. The Kier molecular flexibility index (Phi) is 4.31. The van der Waals surface area contributed by atoms with E-state index in [-0.39, 0.29) is 11.4 Å². The molecular weight excluding hydrogens is 324 g/mol. The normalized spacial score (nSPS) is 10.7. The maximum absolute atomic E-state index is 14.2. The topological polar surface area (TPSA) is 39.2 Å². The van der Waals surface area contributed by atoms with Gasteiger partial charge in [0.1, 0.15) is 11.6 Å². The molecule has 0 fully saturated rings. The van der Waals surface area contributed by atoms with Crippen LogP contribution in [0.1, 0.15) is 22.8 Å². The molecule has 0 aliphatic carbocycles. The van der Waals surface area contributed by atoms with Crippen molar-refractivity contribution in [2.24, 2.45) is 0 Å². The highest BCUT2D eigenvalue weighted by Crippen LogP contribution is 2.35. The van der Waals surface area contributed by atoms with Gasteiger partial charge < -0.3 is 4.74 Å². The van der Waals surface area contributed by atoms with Gasteiger partial charge in [0.05, 0.1) is 18.2 Å². The highest BCUT2D eigenvalue weighted by Gasteiger charge is 2.18. The van der Waals surface area contributed by atoms with Gasteiger partial charge >= 0.3 is 5.97 Å². The van der Waals surface area contributed by atoms with E-state index in [1.807, 2.05) is 6.92 Å². The summed E-state index contributed by atoms with van der Waals surface area (Å²) in [5.41, 5.74) is 3.12. The molecule has 0 unspecified atom stereocenters. The molecule has 5 heteroatoms. The number of rotatable bonds is 3. The number of methoxy groups -OCH3 is 1. The number of nitrogens with zero attached hydrogens (tertiary/aromatic N) is 1. The van der Waals surface area contributed by atoms with Crippen LogP contribution in [0.4, 0.5) is 8.78 Å². The number of carbonyl (C=O) groups excluding carboxylic acids is 1. The molecule has 3 aromatic rings. The lowest BCUT2D eigenvalue weighted by atomic mass is 9.92. The molecule has 3 nitrogen and oxygen atoms in total. The van der Waals surface area contributed by atoms with E-state index in [9.17, 15) is 13.6 Å². The summed E-state index contributed by atoms with van der Waals surface area (Å²) in [6, 6.07) is 8.53. The number of carbonyl (C=O) groups is 1. The molecule has 3 rings (SSSR count). The van der Waals surface area contributed by atoms with Gasteiger partial charge in [0.2, 0.25) is 0 Å². The predicted molar refractivity (Wildman–Crippen MR) is 93.1 cm³/mol. The molecule has 1 heterocycles. The van der Waals surface area contributed by atoms with E-state index in [2.05, 4.69) is 16.3 Å². The monoisotopic (exact) mass is 339 g/mol. The lowest BCUT2D eigenvalue weighted by molar-refractivity contribution is 0.0595. The SMILES string of the molecule is C=C(C)c1cnc2cc(F)c(C(=O)OC)cc2c1-c1ccc(F)cc1. The third kappa shape index (κ3) is 3.01. The van der Waals surface area contributed by atoms with Gasteiger partial charge in [-0.3, -0.25) is 4.98 Å². The van der Waals surface area contributed by atoms with Gasteiger partial charge in [0, 0.05) is 28.8 Å². The smallest absolute Gasteiger partial charge is 0.340 e. The molecule has 0 bridgehead atoms. The van der Waals surface area contributed by atoms with Gasteiger partial charge in [0.15, 0.2) is 0 Å². The van der Waals surface area contributed by atoms with Gasteiger partial charge in [0.25, 0.3) is 0 Å². The van der Waals surface area contributed by atoms with Crippen LogP contribution in [0.3, 0.4) is 0 Å². The molecule has 25 heavy (non-hydrogen) atoms. The lowest BCUT2D eigenvalue weighted by Gasteiger charge is -2.14. The fraction of sp³-hybridized carbons (Fsp3) is 0.100. The second-order valence-corrected chi connectivity index (χ2v) is 5.67. The fourth-order valence-corrected chi connectivity index (χ4v) is 2.73. The number of hydrogen-bond donors (Lipinski definition) is 0. The Morgan fingerprint density at radius 1 is 1.12 bits per heavy atom. The number of ether oxygens (including phenoxy) is 1. The highest BCUT2D eigenvalue weighted by molar-refractivity contribution is 6.03. The maximum Gasteiger partial charge on any atom is 0.340 e. The summed E-state index contributed by atoms with van der Waals surface area (Å²) in [5, 5.41) is 0.564. The summed E-state index contributed by atoms with van der Waals surface area (Å²) in [7, 11) is 1.19. The summed E-state index contributed by atoms with van der Waals surface area (Å²) in [6.45, 7) is 5.77. The summed E-state index contributed by atoms with van der Waals surface area (Å²) in [6.07, 6.45) is 1.60. The molecule has 0 aliphatic rings. The van der Waals surface area contributed by atoms with Gasteiger partial charge in [-0.1, -0.05) is 18.7 Å². The number of allylic oxidation sites excluding steroid dienone is 1. The first-order valence-corrected chi connectivity index (χ1v) is 7.54. The zero-order chi connectivity index (χ0) is 18.1. The van der Waals surface area contributed by atoms with Gasteiger partial charge in [-0.05, 0) is 36.3 Å². The van der Waals surface area contributed by atoms with Crippen molar-refractivity contribution in [3.63, 3.8) is 0 Å². The predicted octanol–water partition coefficient (Wildman–Crippen LogP) is 5.00. The standard InChI is InChI=1S/C20H15F2NO2/c1-11(2)16-10-23-18-9-17(22)14(20(24)25-3)8-15(18)19(16)12-4-6-13(21)7-5-12/h4-10H,1H2,2-3H3. The van der Waals surface area contributed by atoms with Crippen molar-refractivity contribution < 1.29 is 18.3 Å². The number of pyridine rings is 1. The molecule has 0 amide bonds. The van der Waals surface area contributed by atoms with Crippen LogP contribution in [0.15, 0.2) is 49.2 Å². The molecule has 0 N–H and O–H groups in total. The molecule has 0 saturated heterocycles. The van der Waals surface area contributed by atoms with Crippen LogP contribution >= 0.6 is 0 Å². The minimum atomic E-state index is -0.773. The number of aromatic nitrogens is 1. The van der Waals surface area contributed by atoms with Crippen molar-refractivity contribution in [1.29, 1.82) is 0 Å². The first kappa shape index (κ1) is 16.8. The van der Waals surface area contributed by atoms with E-state index in [1.165, 1.54) is 31.4 Å². The minimum absolute atomic E-state index is 0.181. The third-order valence-electron chi connectivity index (χ3n) is 3.95. The maximum atomic E-state index is 14.2. The zero-order valence-corrected chi connectivity index (χ0v) is 13.8. The van der Waals surface area contributed by atoms with E-state index in [1.54, 1.807) is 18.3 Å². The van der Waals surface area contributed by atoms with Crippen LogP contribution in [0.25, 0.3) is 27.6 Å². The summed E-state index contributed by atoms with van der Waals surface area (Å²) >= 11 is 0. The van der Waals surface area contributed by atoms with Crippen LogP contribution in [0.2, 0.25) is 0 Å². The molecule has 0 atom stereocenters. The number of fused-ring (bicyclic) bond motifs is 1. The van der Waals surface area contributed by atoms with Crippen molar-refractivity contribution in [3.05, 3.63) is 71.9 Å². The lowest BCUT2D eigenvalue weighted by Crippen LogP contribution is -2.05. The number of esters is 1. The van der Waals surface area contributed by atoms with Crippen molar-refractivity contribution in [2.45, 2.75) is 6.92 Å². The van der Waals surface area contributed by atoms with Crippen LogP contribution in [0.5, 0.6) is 0 Å². The van der Waals surface area contributed by atoms with Crippen LogP contribution in [0, 0.1) is 11.6 Å². The fourth-order valence-electron chi connectivity index (χ4n) is 2.73. The molecule has 1 aromatic heterocycles. The first-order valence-electron chi connectivity index (χ1n) is 7.54. The van der Waals surface area contributed by atoms with Crippen LogP contribution in [-0.4, -0.2) is 18.1 Å². The highest BCUT2D eigenvalue weighted by atomic mass is 19.1. The Bertz CT molecular complexity index is 995. The van der Waals surface area contributed by atoms with E-state index >= 15 is 0 Å². The van der Waals surface area contributed by atoms with Crippen LogP contribution in [-0.2, 0) is 4.74 Å². The Labute approximate surface area is 143 Å². The Morgan fingerprint density at radius 3 is 2.40 bits per heavy atom. The van der Waals surface area contributed by atoms with E-state index in [0.717, 1.165) is 11.1 Å². The molecule has 2 aromatic carbocycles. The van der Waals surface area contributed by atoms with E-state index < -0.39 is 11.8 Å². The minimum Gasteiger partial charge on any atom is -0.465 e. The summed E-state index contributed by atoms with van der Waals surface area (Å²) in [5.74, 6) is -1.84. The van der Waals surface area contributed by atoms with E-state index in [0.29, 0.717) is 22.0 Å². The van der Waals surface area contributed by atoms with E-state index in [4.69, 9.17) is 0 Å². The van der Waals surface area contributed by atoms with Gasteiger partial charge in [-0.25, -0.2) is 13.6 Å². The largest absolute Gasteiger partial charge is 0.465 e. The Hall–Kier alpha value is -3.08.